The minimum atomic E-state index is 0.421. The number of nitrogens with zero attached hydrogens (tertiary/aromatic N) is 3. The average Bonchev–Trinajstić information content (AvgIpc) is 2.83. The van der Waals surface area contributed by atoms with Crippen LogP contribution in [0.5, 0.6) is 0 Å². The number of aromatic nitrogens is 2. The fourth-order valence-electron chi connectivity index (χ4n) is 2.56. The Kier molecular flexibility index (Phi) is 3.99. The summed E-state index contributed by atoms with van der Waals surface area (Å²) in [5.41, 5.74) is 2.81. The summed E-state index contributed by atoms with van der Waals surface area (Å²) in [6, 6.07) is 13.4. The maximum absolute atomic E-state index is 8.86. The minimum Gasteiger partial charge on any atom is -0.370 e. The molecule has 0 saturated carbocycles. The Morgan fingerprint density at radius 1 is 1.32 bits per heavy atom. The average molecular weight is 311 g/mol. The molecule has 0 bridgehead atoms. The molecule has 0 saturated heterocycles. The van der Waals surface area contributed by atoms with E-state index in [2.05, 4.69) is 27.1 Å². The van der Waals surface area contributed by atoms with Gasteiger partial charge in [-0.2, -0.15) is 5.26 Å². The minimum absolute atomic E-state index is 0.421. The van der Waals surface area contributed by atoms with Crippen LogP contribution in [0.3, 0.4) is 0 Å². The van der Waals surface area contributed by atoms with Crippen LogP contribution in [0.25, 0.3) is 10.9 Å². The van der Waals surface area contributed by atoms with Crippen molar-refractivity contribution in [2.24, 2.45) is 7.05 Å². The van der Waals surface area contributed by atoms with E-state index in [1.54, 1.807) is 6.07 Å². The number of nitriles is 1. The molecule has 110 valence electrons. The van der Waals surface area contributed by atoms with Gasteiger partial charge >= 0.3 is 0 Å². The van der Waals surface area contributed by atoms with Gasteiger partial charge in [-0.15, -0.1) is 0 Å². The lowest BCUT2D eigenvalue weighted by Gasteiger charge is -2.05. The van der Waals surface area contributed by atoms with E-state index in [9.17, 15) is 0 Å². The molecule has 0 atom stereocenters. The third-order valence-corrected chi connectivity index (χ3v) is 3.83. The fourth-order valence-corrected chi connectivity index (χ4v) is 2.73. The lowest BCUT2D eigenvalue weighted by molar-refractivity contribution is 0.941. The zero-order valence-corrected chi connectivity index (χ0v) is 12.9. The quantitative estimate of drug-likeness (QED) is 0.798. The molecule has 3 rings (SSSR count). The Bertz CT molecular complexity index is 861. The maximum atomic E-state index is 8.86. The Morgan fingerprint density at radius 3 is 3.00 bits per heavy atom. The SMILES string of the molecule is Cn1cc(CCNc2cccc(C#N)n2)c2ccc(Cl)cc21. The van der Waals surface area contributed by atoms with Gasteiger partial charge in [0.15, 0.2) is 0 Å². The molecule has 4 nitrogen and oxygen atoms in total. The van der Waals surface area contributed by atoms with Crippen molar-refractivity contribution in [1.29, 1.82) is 5.26 Å². The van der Waals surface area contributed by atoms with Gasteiger partial charge in [-0.05, 0) is 36.2 Å². The van der Waals surface area contributed by atoms with Gasteiger partial charge in [0.2, 0.25) is 0 Å². The molecule has 0 unspecified atom stereocenters. The lowest BCUT2D eigenvalue weighted by Crippen LogP contribution is -2.06. The van der Waals surface area contributed by atoms with Crippen molar-refractivity contribution in [2.75, 3.05) is 11.9 Å². The van der Waals surface area contributed by atoms with Crippen LogP contribution in [-0.4, -0.2) is 16.1 Å². The summed E-state index contributed by atoms with van der Waals surface area (Å²) < 4.78 is 2.09. The van der Waals surface area contributed by atoms with Crippen molar-refractivity contribution in [3.8, 4) is 6.07 Å². The Morgan fingerprint density at radius 2 is 2.18 bits per heavy atom. The van der Waals surface area contributed by atoms with Gasteiger partial charge in [0.25, 0.3) is 0 Å². The topological polar surface area (TPSA) is 53.6 Å². The molecule has 5 heteroatoms. The summed E-state index contributed by atoms with van der Waals surface area (Å²) in [5.74, 6) is 0.724. The van der Waals surface area contributed by atoms with Crippen molar-refractivity contribution in [3.63, 3.8) is 0 Å². The zero-order chi connectivity index (χ0) is 15.5. The number of hydrogen-bond acceptors (Lipinski definition) is 3. The summed E-state index contributed by atoms with van der Waals surface area (Å²) >= 11 is 6.05. The highest BCUT2D eigenvalue weighted by atomic mass is 35.5. The van der Waals surface area contributed by atoms with E-state index < -0.39 is 0 Å². The molecule has 0 fully saturated rings. The Hall–Kier alpha value is -2.51. The van der Waals surface area contributed by atoms with Gasteiger partial charge in [0.1, 0.15) is 17.6 Å². The first-order valence-corrected chi connectivity index (χ1v) is 7.39. The molecule has 0 aliphatic heterocycles. The van der Waals surface area contributed by atoms with Crippen molar-refractivity contribution >= 4 is 28.3 Å². The molecule has 22 heavy (non-hydrogen) atoms. The normalized spacial score (nSPS) is 10.6. The molecule has 1 N–H and O–H groups in total. The van der Waals surface area contributed by atoms with E-state index >= 15 is 0 Å². The summed E-state index contributed by atoms with van der Waals surface area (Å²) in [6.07, 6.45) is 3.00. The molecule has 0 aliphatic rings. The van der Waals surface area contributed by atoms with Gasteiger partial charge in [-0.3, -0.25) is 0 Å². The van der Waals surface area contributed by atoms with E-state index in [1.165, 1.54) is 10.9 Å². The first-order chi connectivity index (χ1) is 10.7. The van der Waals surface area contributed by atoms with E-state index in [4.69, 9.17) is 16.9 Å². The molecule has 0 amide bonds. The number of benzene rings is 1. The summed E-state index contributed by atoms with van der Waals surface area (Å²) in [6.45, 7) is 0.754. The van der Waals surface area contributed by atoms with Crippen LogP contribution in [0.4, 0.5) is 5.82 Å². The zero-order valence-electron chi connectivity index (χ0n) is 12.2. The molecule has 0 spiro atoms. The van der Waals surface area contributed by atoms with Gasteiger partial charge in [-0.25, -0.2) is 4.98 Å². The van der Waals surface area contributed by atoms with Crippen LogP contribution < -0.4 is 5.32 Å². The number of pyridine rings is 1. The Balaban J connectivity index is 1.73. The van der Waals surface area contributed by atoms with Gasteiger partial charge < -0.3 is 9.88 Å². The predicted octanol–water partition coefficient (Wildman–Crippen LogP) is 3.75. The number of anilines is 1. The second kappa shape index (κ2) is 6.08. The number of aryl methyl sites for hydroxylation is 1. The van der Waals surface area contributed by atoms with Crippen LogP contribution in [-0.2, 0) is 13.5 Å². The second-order valence-corrected chi connectivity index (χ2v) is 5.56. The van der Waals surface area contributed by atoms with E-state index in [0.29, 0.717) is 5.69 Å². The van der Waals surface area contributed by atoms with Crippen molar-refractivity contribution in [1.82, 2.24) is 9.55 Å². The summed E-state index contributed by atoms with van der Waals surface area (Å²) in [4.78, 5) is 4.21. The highest BCUT2D eigenvalue weighted by Gasteiger charge is 2.07. The van der Waals surface area contributed by atoms with Crippen LogP contribution >= 0.6 is 11.6 Å². The van der Waals surface area contributed by atoms with E-state index in [0.717, 1.165) is 29.3 Å². The largest absolute Gasteiger partial charge is 0.370 e. The highest BCUT2D eigenvalue weighted by Crippen LogP contribution is 2.24. The van der Waals surface area contributed by atoms with E-state index in [-0.39, 0.29) is 0 Å². The van der Waals surface area contributed by atoms with Gasteiger partial charge in [-0.1, -0.05) is 23.7 Å². The molecule has 2 heterocycles. The third-order valence-electron chi connectivity index (χ3n) is 3.60. The van der Waals surface area contributed by atoms with Crippen LogP contribution in [0.2, 0.25) is 5.02 Å². The number of hydrogen-bond donors (Lipinski definition) is 1. The third kappa shape index (κ3) is 2.90. The van der Waals surface area contributed by atoms with Crippen molar-refractivity contribution in [3.05, 3.63) is 58.9 Å². The molecule has 0 radical (unpaired) electrons. The summed E-state index contributed by atoms with van der Waals surface area (Å²) in [5, 5.41) is 14.1. The number of halogens is 1. The molecule has 3 aromatic rings. The molecular weight excluding hydrogens is 296 g/mol. The fraction of sp³-hybridized carbons (Fsp3) is 0.176. The number of rotatable bonds is 4. The monoisotopic (exact) mass is 310 g/mol. The lowest BCUT2D eigenvalue weighted by atomic mass is 10.1. The predicted molar refractivity (Wildman–Crippen MR) is 89.1 cm³/mol. The van der Waals surface area contributed by atoms with Gasteiger partial charge in [0, 0.05) is 35.7 Å². The highest BCUT2D eigenvalue weighted by molar-refractivity contribution is 6.31. The standard InChI is InChI=1S/C17H15ClN4/c1-22-11-12(15-6-5-13(18)9-16(15)22)7-8-20-17-4-2-3-14(10-19)21-17/h2-6,9,11H,7-8H2,1H3,(H,20,21). The van der Waals surface area contributed by atoms with Crippen molar-refractivity contribution in [2.45, 2.75) is 6.42 Å². The first kappa shape index (κ1) is 14.4. The van der Waals surface area contributed by atoms with Crippen LogP contribution in [0.1, 0.15) is 11.3 Å². The second-order valence-electron chi connectivity index (χ2n) is 5.12. The number of nitrogens with one attached hydrogen (secondary N) is 1. The van der Waals surface area contributed by atoms with E-state index in [1.807, 2.05) is 37.4 Å². The summed E-state index contributed by atoms with van der Waals surface area (Å²) in [7, 11) is 2.02. The molecule has 1 aromatic carbocycles. The van der Waals surface area contributed by atoms with Gasteiger partial charge in [0.05, 0.1) is 0 Å². The maximum Gasteiger partial charge on any atom is 0.142 e. The molecule has 2 aromatic heterocycles. The smallest absolute Gasteiger partial charge is 0.142 e. The first-order valence-electron chi connectivity index (χ1n) is 7.02. The van der Waals surface area contributed by atoms with Crippen molar-refractivity contribution < 1.29 is 0 Å². The van der Waals surface area contributed by atoms with Crippen LogP contribution in [0, 0.1) is 11.3 Å². The van der Waals surface area contributed by atoms with Crippen LogP contribution in [0.15, 0.2) is 42.6 Å². The molecular formula is C17H15ClN4. The molecule has 0 aliphatic carbocycles. The Labute approximate surface area is 134 Å². The number of fused-ring (bicyclic) bond motifs is 1.